The molecule has 0 aromatic heterocycles. The maximum absolute atomic E-state index is 10.7. The molecule has 76 valence electrons. The zero-order valence-corrected chi connectivity index (χ0v) is 8.25. The maximum atomic E-state index is 10.7. The number of nitrogens with one attached hydrogen (secondary N) is 1. The van der Waals surface area contributed by atoms with Crippen LogP contribution in [0.25, 0.3) is 0 Å². The van der Waals surface area contributed by atoms with Crippen LogP contribution in [0.3, 0.4) is 0 Å². The van der Waals surface area contributed by atoms with Gasteiger partial charge in [0.1, 0.15) is 0 Å². The Bertz CT molecular complexity index is 212. The summed E-state index contributed by atoms with van der Waals surface area (Å²) in [5, 5.41) is 11.1. The second-order valence-electron chi connectivity index (χ2n) is 3.28. The molecule has 5 nitrogen and oxygen atoms in total. The fraction of sp³-hybridized carbons (Fsp3) is 0.750. The lowest BCUT2D eigenvalue weighted by molar-refractivity contribution is -0.149. The minimum Gasteiger partial charge on any atom is -0.480 e. The zero-order valence-electron chi connectivity index (χ0n) is 8.25. The molecule has 5 heteroatoms. The molecule has 0 aromatic carbocycles. The Balaban J connectivity index is 4.60. The number of hydrogen-bond acceptors (Lipinski definition) is 3. The number of ether oxygens (including phenoxy) is 1. The lowest BCUT2D eigenvalue weighted by atomic mass is 9.99. The van der Waals surface area contributed by atoms with Gasteiger partial charge in [0.25, 0.3) is 0 Å². The summed E-state index contributed by atoms with van der Waals surface area (Å²) in [4.78, 5) is 21.4. The predicted octanol–water partition coefficient (Wildman–Crippen LogP) is 0.000700. The summed E-state index contributed by atoms with van der Waals surface area (Å²) in [5.41, 5.74) is -0.919. The molecule has 1 amide bonds. The highest BCUT2D eigenvalue weighted by Crippen LogP contribution is 2.13. The van der Waals surface area contributed by atoms with Crippen molar-refractivity contribution in [2.75, 3.05) is 7.11 Å². The first kappa shape index (κ1) is 11.9. The van der Waals surface area contributed by atoms with Gasteiger partial charge in [-0.1, -0.05) is 0 Å². The minimum atomic E-state index is -1.11. The molecule has 0 aliphatic carbocycles. The van der Waals surface area contributed by atoms with Crippen LogP contribution in [0.5, 0.6) is 0 Å². The van der Waals surface area contributed by atoms with Crippen LogP contribution in [0.2, 0.25) is 0 Å². The number of carbonyl (C=O) groups is 2. The second kappa shape index (κ2) is 4.23. The Morgan fingerprint density at radius 2 is 1.92 bits per heavy atom. The van der Waals surface area contributed by atoms with Gasteiger partial charge in [-0.3, -0.25) is 4.79 Å². The summed E-state index contributed by atoms with van der Waals surface area (Å²) in [5.74, 6) is -1.50. The van der Waals surface area contributed by atoms with E-state index >= 15 is 0 Å². The van der Waals surface area contributed by atoms with E-state index in [1.54, 1.807) is 13.8 Å². The van der Waals surface area contributed by atoms with E-state index in [9.17, 15) is 9.59 Å². The summed E-state index contributed by atoms with van der Waals surface area (Å²) in [6.07, 6.45) is 0. The average molecular weight is 189 g/mol. The number of methoxy groups -OCH3 is 1. The van der Waals surface area contributed by atoms with Gasteiger partial charge in [0.2, 0.25) is 5.91 Å². The third-order valence-corrected chi connectivity index (χ3v) is 1.82. The first-order chi connectivity index (χ1) is 5.81. The van der Waals surface area contributed by atoms with Crippen LogP contribution in [0, 0.1) is 0 Å². The molecule has 1 atom stereocenters. The van der Waals surface area contributed by atoms with Gasteiger partial charge in [-0.25, -0.2) is 4.79 Å². The number of carbonyl (C=O) groups excluding carboxylic acids is 1. The number of aliphatic carboxylic acids is 1. The molecular formula is C8H15NO4. The van der Waals surface area contributed by atoms with Crippen molar-refractivity contribution in [3.63, 3.8) is 0 Å². The van der Waals surface area contributed by atoms with Gasteiger partial charge >= 0.3 is 5.97 Å². The highest BCUT2D eigenvalue weighted by molar-refractivity contribution is 5.83. The van der Waals surface area contributed by atoms with Gasteiger partial charge in [-0.15, -0.1) is 0 Å². The van der Waals surface area contributed by atoms with E-state index in [4.69, 9.17) is 9.84 Å². The van der Waals surface area contributed by atoms with Gasteiger partial charge < -0.3 is 15.2 Å². The maximum Gasteiger partial charge on any atom is 0.329 e. The molecule has 13 heavy (non-hydrogen) atoms. The van der Waals surface area contributed by atoms with Crippen molar-refractivity contribution in [2.45, 2.75) is 32.4 Å². The molecule has 0 saturated carbocycles. The van der Waals surface area contributed by atoms with Crippen LogP contribution < -0.4 is 5.32 Å². The Kier molecular flexibility index (Phi) is 3.87. The summed E-state index contributed by atoms with van der Waals surface area (Å²) in [7, 11) is 1.40. The standard InChI is InChI=1S/C8H15NO4/c1-5(10)9-6(7(11)12)8(2,3)13-4/h6H,1-4H3,(H,9,10)(H,11,12)/t6-/m1/s1. The highest BCUT2D eigenvalue weighted by atomic mass is 16.5. The van der Waals surface area contributed by atoms with E-state index in [1.165, 1.54) is 14.0 Å². The quantitative estimate of drug-likeness (QED) is 0.652. The van der Waals surface area contributed by atoms with Crippen LogP contribution >= 0.6 is 0 Å². The fourth-order valence-electron chi connectivity index (χ4n) is 0.854. The van der Waals surface area contributed by atoms with Crippen molar-refractivity contribution >= 4 is 11.9 Å². The van der Waals surface area contributed by atoms with Gasteiger partial charge in [-0.2, -0.15) is 0 Å². The van der Waals surface area contributed by atoms with E-state index in [1.807, 2.05) is 0 Å². The summed E-state index contributed by atoms with van der Waals surface area (Å²) < 4.78 is 4.97. The third-order valence-electron chi connectivity index (χ3n) is 1.82. The van der Waals surface area contributed by atoms with Crippen molar-refractivity contribution in [1.29, 1.82) is 0 Å². The van der Waals surface area contributed by atoms with Crippen LogP contribution in [0.15, 0.2) is 0 Å². The smallest absolute Gasteiger partial charge is 0.329 e. The van der Waals surface area contributed by atoms with Crippen molar-refractivity contribution in [3.05, 3.63) is 0 Å². The lowest BCUT2D eigenvalue weighted by Gasteiger charge is -2.30. The van der Waals surface area contributed by atoms with Crippen molar-refractivity contribution in [1.82, 2.24) is 5.32 Å². The largest absolute Gasteiger partial charge is 0.480 e. The van der Waals surface area contributed by atoms with E-state index in [0.717, 1.165) is 0 Å². The van der Waals surface area contributed by atoms with Gasteiger partial charge in [0, 0.05) is 14.0 Å². The van der Waals surface area contributed by atoms with Gasteiger partial charge in [0.15, 0.2) is 6.04 Å². The first-order valence-electron chi connectivity index (χ1n) is 3.86. The Hall–Kier alpha value is -1.10. The van der Waals surface area contributed by atoms with Crippen LogP contribution in [-0.2, 0) is 14.3 Å². The normalized spacial score (nSPS) is 13.5. The molecule has 0 rings (SSSR count). The molecular weight excluding hydrogens is 174 g/mol. The van der Waals surface area contributed by atoms with Crippen molar-refractivity contribution in [2.24, 2.45) is 0 Å². The zero-order chi connectivity index (χ0) is 10.6. The van der Waals surface area contributed by atoms with Gasteiger partial charge in [-0.05, 0) is 13.8 Å². The number of carboxylic acid groups (broad SMARTS) is 1. The average Bonchev–Trinajstić information content (AvgIpc) is 1.99. The summed E-state index contributed by atoms with van der Waals surface area (Å²) in [6, 6.07) is -1.03. The minimum absolute atomic E-state index is 0.391. The molecule has 0 aliphatic heterocycles. The molecule has 0 aromatic rings. The highest BCUT2D eigenvalue weighted by Gasteiger charge is 2.35. The predicted molar refractivity (Wildman–Crippen MR) is 46.3 cm³/mol. The number of hydrogen-bond donors (Lipinski definition) is 2. The Morgan fingerprint density at radius 1 is 1.46 bits per heavy atom. The van der Waals surface area contributed by atoms with E-state index in [0.29, 0.717) is 0 Å². The van der Waals surface area contributed by atoms with Crippen LogP contribution in [0.1, 0.15) is 20.8 Å². The molecule has 0 unspecified atom stereocenters. The number of carboxylic acids is 1. The molecule has 0 fully saturated rings. The lowest BCUT2D eigenvalue weighted by Crippen LogP contribution is -2.54. The van der Waals surface area contributed by atoms with E-state index in [-0.39, 0.29) is 0 Å². The number of rotatable bonds is 4. The molecule has 0 bridgehead atoms. The summed E-state index contributed by atoms with van der Waals surface area (Å²) >= 11 is 0. The first-order valence-corrected chi connectivity index (χ1v) is 3.86. The molecule has 2 N–H and O–H groups in total. The van der Waals surface area contributed by atoms with E-state index < -0.39 is 23.5 Å². The van der Waals surface area contributed by atoms with Crippen molar-refractivity contribution < 1.29 is 19.4 Å². The molecule has 0 aliphatic rings. The molecule has 0 saturated heterocycles. The molecule has 0 spiro atoms. The topological polar surface area (TPSA) is 75.6 Å². The monoisotopic (exact) mass is 189 g/mol. The van der Waals surface area contributed by atoms with E-state index in [2.05, 4.69) is 5.32 Å². The van der Waals surface area contributed by atoms with Crippen LogP contribution in [0.4, 0.5) is 0 Å². The van der Waals surface area contributed by atoms with Gasteiger partial charge in [0.05, 0.1) is 5.60 Å². The number of amides is 1. The fourth-order valence-corrected chi connectivity index (χ4v) is 0.854. The van der Waals surface area contributed by atoms with Crippen molar-refractivity contribution in [3.8, 4) is 0 Å². The third kappa shape index (κ3) is 3.42. The second-order valence-corrected chi connectivity index (χ2v) is 3.28. The Morgan fingerprint density at radius 3 is 2.15 bits per heavy atom. The SMILES string of the molecule is COC(C)(C)[C@H](NC(C)=O)C(=O)O. The van der Waals surface area contributed by atoms with Crippen LogP contribution in [-0.4, -0.2) is 35.7 Å². The molecule has 0 radical (unpaired) electrons. The summed E-state index contributed by atoms with van der Waals surface area (Å²) in [6.45, 7) is 4.46. The Labute approximate surface area is 77.1 Å². The molecule has 0 heterocycles.